The second-order valence-electron chi connectivity index (χ2n) is 8.90. The third kappa shape index (κ3) is 6.54. The van der Waals surface area contributed by atoms with Gasteiger partial charge in [0.1, 0.15) is 11.5 Å². The van der Waals surface area contributed by atoms with E-state index in [9.17, 15) is 18.8 Å². The molecule has 2 aromatic carbocycles. The van der Waals surface area contributed by atoms with Crippen molar-refractivity contribution in [3.63, 3.8) is 0 Å². The van der Waals surface area contributed by atoms with Gasteiger partial charge in [-0.15, -0.1) is 0 Å². The van der Waals surface area contributed by atoms with Crippen molar-refractivity contribution in [2.45, 2.75) is 19.8 Å². The standard InChI is InChI=1S/C26H29FN6O3/c1-17-10-13-33(14-11-17)15-12-28-25(35)22-23(30-16-29-22)26(36)32-21-8-6-20(7-9-21)31-24(34)18-2-4-19(27)5-3-18/h2-9,16-17H,10-15H2,1H3,(H,28,35)(H,29,30)(H,31,34)(H,32,36). The molecule has 188 valence electrons. The van der Waals surface area contributed by atoms with Crippen LogP contribution in [0.4, 0.5) is 15.8 Å². The molecule has 1 aromatic heterocycles. The number of anilines is 2. The highest BCUT2D eigenvalue weighted by Gasteiger charge is 2.21. The summed E-state index contributed by atoms with van der Waals surface area (Å²) in [4.78, 5) is 46.7. The van der Waals surface area contributed by atoms with Crippen molar-refractivity contribution in [3.05, 3.63) is 77.6 Å². The second-order valence-corrected chi connectivity index (χ2v) is 8.90. The molecule has 9 nitrogen and oxygen atoms in total. The number of aromatic amines is 1. The molecule has 1 saturated heterocycles. The lowest BCUT2D eigenvalue weighted by Gasteiger charge is -2.30. The first kappa shape index (κ1) is 25.1. The van der Waals surface area contributed by atoms with Crippen molar-refractivity contribution in [3.8, 4) is 0 Å². The van der Waals surface area contributed by atoms with Crippen molar-refractivity contribution in [2.24, 2.45) is 5.92 Å². The highest BCUT2D eigenvalue weighted by Crippen LogP contribution is 2.17. The number of hydrogen-bond acceptors (Lipinski definition) is 5. The van der Waals surface area contributed by atoms with Gasteiger partial charge in [0.05, 0.1) is 6.33 Å². The van der Waals surface area contributed by atoms with E-state index >= 15 is 0 Å². The summed E-state index contributed by atoms with van der Waals surface area (Å²) in [7, 11) is 0. The Morgan fingerprint density at radius 3 is 2.19 bits per heavy atom. The number of imidazole rings is 1. The number of benzene rings is 2. The zero-order chi connectivity index (χ0) is 25.5. The molecule has 2 heterocycles. The van der Waals surface area contributed by atoms with Gasteiger partial charge < -0.3 is 25.8 Å². The van der Waals surface area contributed by atoms with Crippen LogP contribution in [0, 0.1) is 11.7 Å². The molecule has 3 aromatic rings. The number of carbonyl (C=O) groups is 3. The Morgan fingerprint density at radius 1 is 0.944 bits per heavy atom. The molecular weight excluding hydrogens is 463 g/mol. The van der Waals surface area contributed by atoms with Crippen LogP contribution in [-0.4, -0.2) is 58.8 Å². The maximum Gasteiger partial charge on any atom is 0.276 e. The van der Waals surface area contributed by atoms with Crippen LogP contribution in [0.2, 0.25) is 0 Å². The molecule has 0 bridgehead atoms. The molecule has 4 rings (SSSR count). The van der Waals surface area contributed by atoms with Crippen LogP contribution in [0.1, 0.15) is 51.1 Å². The van der Waals surface area contributed by atoms with Crippen LogP contribution in [0.3, 0.4) is 0 Å². The number of piperidine rings is 1. The Balaban J connectivity index is 1.29. The Morgan fingerprint density at radius 2 is 1.56 bits per heavy atom. The predicted molar refractivity (Wildman–Crippen MR) is 135 cm³/mol. The summed E-state index contributed by atoms with van der Waals surface area (Å²) in [5, 5.41) is 8.27. The average molecular weight is 493 g/mol. The third-order valence-electron chi connectivity index (χ3n) is 6.18. The van der Waals surface area contributed by atoms with Crippen LogP contribution in [0.25, 0.3) is 0 Å². The average Bonchev–Trinajstić information content (AvgIpc) is 3.37. The number of likely N-dealkylation sites (tertiary alicyclic amines) is 1. The van der Waals surface area contributed by atoms with Crippen LogP contribution in [-0.2, 0) is 0 Å². The maximum atomic E-state index is 13.0. The van der Waals surface area contributed by atoms with Crippen molar-refractivity contribution < 1.29 is 18.8 Å². The number of halogens is 1. The molecule has 0 unspecified atom stereocenters. The molecule has 0 aliphatic carbocycles. The number of rotatable bonds is 8. The van der Waals surface area contributed by atoms with Crippen molar-refractivity contribution >= 4 is 29.1 Å². The zero-order valence-corrected chi connectivity index (χ0v) is 20.0. The van der Waals surface area contributed by atoms with Gasteiger partial charge in [-0.05, 0) is 80.4 Å². The summed E-state index contributed by atoms with van der Waals surface area (Å²) in [6, 6.07) is 11.7. The summed E-state index contributed by atoms with van der Waals surface area (Å²) in [6.07, 6.45) is 3.64. The summed E-state index contributed by atoms with van der Waals surface area (Å²) in [6.45, 7) is 5.57. The summed E-state index contributed by atoms with van der Waals surface area (Å²) in [5.74, 6) is -0.972. The molecule has 1 aliphatic rings. The molecule has 0 atom stereocenters. The molecule has 0 spiro atoms. The molecule has 0 saturated carbocycles. The van der Waals surface area contributed by atoms with Crippen molar-refractivity contribution in [1.29, 1.82) is 0 Å². The monoisotopic (exact) mass is 492 g/mol. The number of carbonyl (C=O) groups excluding carboxylic acids is 3. The fourth-order valence-corrected chi connectivity index (χ4v) is 3.97. The van der Waals surface area contributed by atoms with E-state index in [1.54, 1.807) is 24.3 Å². The highest BCUT2D eigenvalue weighted by molar-refractivity contribution is 6.10. The SMILES string of the molecule is CC1CCN(CCNC(=O)c2[nH]cnc2C(=O)Nc2ccc(NC(=O)c3ccc(F)cc3)cc2)CC1. The van der Waals surface area contributed by atoms with E-state index in [4.69, 9.17) is 0 Å². The van der Waals surface area contributed by atoms with Gasteiger partial charge in [0.25, 0.3) is 17.7 Å². The van der Waals surface area contributed by atoms with E-state index in [-0.39, 0.29) is 23.2 Å². The van der Waals surface area contributed by atoms with Gasteiger partial charge in [0, 0.05) is 30.0 Å². The molecule has 4 N–H and O–H groups in total. The van der Waals surface area contributed by atoms with Crippen molar-refractivity contribution in [2.75, 3.05) is 36.8 Å². The molecule has 1 fully saturated rings. The number of H-pyrrole nitrogens is 1. The quantitative estimate of drug-likeness (QED) is 0.384. The second kappa shape index (κ2) is 11.6. The van der Waals surface area contributed by atoms with Gasteiger partial charge in [-0.1, -0.05) is 6.92 Å². The van der Waals surface area contributed by atoms with E-state index < -0.39 is 11.7 Å². The van der Waals surface area contributed by atoms with Crippen LogP contribution in [0.5, 0.6) is 0 Å². The molecule has 3 amide bonds. The largest absolute Gasteiger partial charge is 0.349 e. The van der Waals surface area contributed by atoms with Gasteiger partial charge in [-0.3, -0.25) is 14.4 Å². The number of amides is 3. The Kier molecular flexibility index (Phi) is 8.06. The fraction of sp³-hybridized carbons (Fsp3) is 0.308. The Labute approximate surface area is 208 Å². The van der Waals surface area contributed by atoms with Crippen molar-refractivity contribution in [1.82, 2.24) is 20.2 Å². The topological polar surface area (TPSA) is 119 Å². The van der Waals surface area contributed by atoms with Gasteiger partial charge in [0.2, 0.25) is 0 Å². The molecule has 36 heavy (non-hydrogen) atoms. The molecule has 10 heteroatoms. The predicted octanol–water partition coefficient (Wildman–Crippen LogP) is 3.52. The van der Waals surface area contributed by atoms with Gasteiger partial charge in [-0.25, -0.2) is 9.37 Å². The van der Waals surface area contributed by atoms with E-state index in [2.05, 4.69) is 37.7 Å². The molecule has 0 radical (unpaired) electrons. The van der Waals surface area contributed by atoms with Crippen LogP contribution < -0.4 is 16.0 Å². The van der Waals surface area contributed by atoms with Gasteiger partial charge in [-0.2, -0.15) is 0 Å². The van der Waals surface area contributed by atoms with E-state index in [1.165, 1.54) is 43.4 Å². The smallest absolute Gasteiger partial charge is 0.276 e. The van der Waals surface area contributed by atoms with Crippen LogP contribution in [0.15, 0.2) is 54.9 Å². The first-order valence-corrected chi connectivity index (χ1v) is 11.9. The van der Waals surface area contributed by atoms with E-state index in [0.717, 1.165) is 25.6 Å². The first-order valence-electron chi connectivity index (χ1n) is 11.9. The normalized spacial score (nSPS) is 14.3. The Bertz CT molecular complexity index is 1200. The molecule has 1 aliphatic heterocycles. The van der Waals surface area contributed by atoms with Crippen LogP contribution >= 0.6 is 0 Å². The van der Waals surface area contributed by atoms with Gasteiger partial charge >= 0.3 is 0 Å². The highest BCUT2D eigenvalue weighted by atomic mass is 19.1. The lowest BCUT2D eigenvalue weighted by Crippen LogP contribution is -2.39. The lowest BCUT2D eigenvalue weighted by molar-refractivity contribution is 0.0927. The summed E-state index contributed by atoms with van der Waals surface area (Å²) in [5.41, 5.74) is 1.39. The van der Waals surface area contributed by atoms with Gasteiger partial charge in [0.15, 0.2) is 5.69 Å². The first-order chi connectivity index (χ1) is 17.4. The minimum atomic E-state index is -0.533. The van der Waals surface area contributed by atoms with E-state index in [0.29, 0.717) is 23.5 Å². The molecular formula is C26H29FN6O3. The maximum absolute atomic E-state index is 13.0. The number of nitrogens with one attached hydrogen (secondary N) is 4. The van der Waals surface area contributed by atoms with E-state index in [1.807, 2.05) is 0 Å². The number of aromatic nitrogens is 2. The number of hydrogen-bond donors (Lipinski definition) is 4. The fourth-order valence-electron chi connectivity index (χ4n) is 3.97. The minimum absolute atomic E-state index is 0.00649. The third-order valence-corrected chi connectivity index (χ3v) is 6.18. The zero-order valence-electron chi connectivity index (χ0n) is 20.0. The number of nitrogens with zero attached hydrogens (tertiary/aromatic N) is 2. The minimum Gasteiger partial charge on any atom is -0.349 e. The summed E-state index contributed by atoms with van der Waals surface area (Å²) >= 11 is 0. The summed E-state index contributed by atoms with van der Waals surface area (Å²) < 4.78 is 13.0. The Hall–Kier alpha value is -4.05. The lowest BCUT2D eigenvalue weighted by atomic mass is 9.99.